The van der Waals surface area contributed by atoms with Crippen molar-refractivity contribution < 1.29 is 8.42 Å². The number of nitrogens with zero attached hydrogens (tertiary/aromatic N) is 4. The third-order valence-electron chi connectivity index (χ3n) is 3.67. The smallest absolute Gasteiger partial charge is 0.279 e. The summed E-state index contributed by atoms with van der Waals surface area (Å²) in [4.78, 5) is 0. The number of hydrogen-bond donors (Lipinski definition) is 1. The molecule has 0 aromatic carbocycles. The fraction of sp³-hybridized carbons (Fsp3) is 0.538. The molecule has 1 saturated heterocycles. The predicted molar refractivity (Wildman–Crippen MR) is 79.0 cm³/mol. The van der Waals surface area contributed by atoms with E-state index < -0.39 is 10.2 Å². The van der Waals surface area contributed by atoms with Crippen LogP contribution in [0.2, 0.25) is 0 Å². The first-order chi connectivity index (χ1) is 10.2. The molecule has 0 unspecified atom stereocenters. The highest BCUT2D eigenvalue weighted by atomic mass is 32.2. The van der Waals surface area contributed by atoms with Crippen LogP contribution in [0.15, 0.2) is 24.4 Å². The Labute approximate surface area is 124 Å². The van der Waals surface area contributed by atoms with Gasteiger partial charge in [0.1, 0.15) is 5.82 Å². The third-order valence-corrected chi connectivity index (χ3v) is 5.29. The fourth-order valence-electron chi connectivity index (χ4n) is 2.55. The lowest BCUT2D eigenvalue weighted by Crippen LogP contribution is -2.44. The van der Waals surface area contributed by atoms with Gasteiger partial charge in [0.05, 0.1) is 0 Å². The maximum Gasteiger partial charge on any atom is 0.279 e. The van der Waals surface area contributed by atoms with Crippen LogP contribution >= 0.6 is 0 Å². The molecule has 1 aliphatic heterocycles. The molecule has 8 heteroatoms. The Hall–Kier alpha value is -1.51. The van der Waals surface area contributed by atoms with E-state index in [-0.39, 0.29) is 0 Å². The second-order valence-corrected chi connectivity index (χ2v) is 6.91. The zero-order chi connectivity index (χ0) is 14.7. The van der Waals surface area contributed by atoms with Crippen LogP contribution in [0.1, 0.15) is 25.1 Å². The Balaban J connectivity index is 1.60. The molecule has 0 saturated carbocycles. The quantitative estimate of drug-likeness (QED) is 0.877. The van der Waals surface area contributed by atoms with Gasteiger partial charge in [-0.05, 0) is 25.0 Å². The van der Waals surface area contributed by atoms with Crippen molar-refractivity contribution in [2.75, 3.05) is 19.6 Å². The molecule has 1 N–H and O–H groups in total. The van der Waals surface area contributed by atoms with Crippen LogP contribution < -0.4 is 4.72 Å². The minimum atomic E-state index is -3.36. The number of aromatic nitrogens is 3. The first-order valence-electron chi connectivity index (χ1n) is 7.20. The molecular weight excluding hydrogens is 290 g/mol. The molecule has 21 heavy (non-hydrogen) atoms. The molecule has 0 spiro atoms. The highest BCUT2D eigenvalue weighted by Crippen LogP contribution is 2.11. The van der Waals surface area contributed by atoms with E-state index in [0.717, 1.165) is 30.7 Å². The summed E-state index contributed by atoms with van der Waals surface area (Å²) in [5, 5.41) is 8.14. The third kappa shape index (κ3) is 3.22. The summed E-state index contributed by atoms with van der Waals surface area (Å²) in [5.41, 5.74) is 0.770. The Kier molecular flexibility index (Phi) is 4.18. The molecule has 0 atom stereocenters. The predicted octanol–water partition coefficient (Wildman–Crippen LogP) is 0.592. The van der Waals surface area contributed by atoms with E-state index in [1.165, 1.54) is 4.31 Å². The fourth-order valence-corrected chi connectivity index (χ4v) is 3.83. The average Bonchev–Trinajstić information content (AvgIpc) is 2.92. The van der Waals surface area contributed by atoms with Crippen molar-refractivity contribution >= 4 is 15.9 Å². The second-order valence-electron chi connectivity index (χ2n) is 5.15. The zero-order valence-electron chi connectivity index (χ0n) is 11.8. The molecule has 7 nitrogen and oxygen atoms in total. The lowest BCUT2D eigenvalue weighted by atomic mass is 10.2. The average molecular weight is 309 g/mol. The van der Waals surface area contributed by atoms with E-state index in [9.17, 15) is 8.42 Å². The van der Waals surface area contributed by atoms with Crippen LogP contribution in [-0.4, -0.2) is 47.0 Å². The summed E-state index contributed by atoms with van der Waals surface area (Å²) in [5.74, 6) is 0.756. The SMILES string of the molecule is O=S(=O)(NCCc1nnc2ccccn12)N1CCCCC1. The number of rotatable bonds is 5. The molecular formula is C13H19N5O2S. The summed E-state index contributed by atoms with van der Waals surface area (Å²) >= 11 is 0. The maximum absolute atomic E-state index is 12.1. The van der Waals surface area contributed by atoms with Crippen molar-refractivity contribution in [2.45, 2.75) is 25.7 Å². The van der Waals surface area contributed by atoms with Crippen molar-refractivity contribution in [3.63, 3.8) is 0 Å². The lowest BCUT2D eigenvalue weighted by Gasteiger charge is -2.25. The first kappa shape index (κ1) is 14.4. The minimum Gasteiger partial charge on any atom is -0.286 e. The normalized spacial score (nSPS) is 17.3. The summed E-state index contributed by atoms with van der Waals surface area (Å²) in [6, 6.07) is 5.67. The molecule has 3 rings (SSSR count). The molecule has 114 valence electrons. The highest BCUT2D eigenvalue weighted by Gasteiger charge is 2.23. The lowest BCUT2D eigenvalue weighted by molar-refractivity contribution is 0.342. The van der Waals surface area contributed by atoms with Gasteiger partial charge in [0.2, 0.25) is 0 Å². The summed E-state index contributed by atoms with van der Waals surface area (Å²) in [6.45, 7) is 1.56. The van der Waals surface area contributed by atoms with Crippen LogP contribution in [0, 0.1) is 0 Å². The number of pyridine rings is 1. The monoisotopic (exact) mass is 309 g/mol. The van der Waals surface area contributed by atoms with Gasteiger partial charge in [0.25, 0.3) is 10.2 Å². The molecule has 2 aromatic rings. The molecule has 1 fully saturated rings. The molecule has 0 bridgehead atoms. The van der Waals surface area contributed by atoms with Crippen LogP contribution in [0.5, 0.6) is 0 Å². The van der Waals surface area contributed by atoms with Crippen molar-refractivity contribution in [1.29, 1.82) is 0 Å². The minimum absolute atomic E-state index is 0.328. The highest BCUT2D eigenvalue weighted by molar-refractivity contribution is 7.87. The van der Waals surface area contributed by atoms with Crippen molar-refractivity contribution in [3.8, 4) is 0 Å². The van der Waals surface area contributed by atoms with Gasteiger partial charge < -0.3 is 0 Å². The topological polar surface area (TPSA) is 79.6 Å². The van der Waals surface area contributed by atoms with Gasteiger partial charge in [0, 0.05) is 32.3 Å². The van der Waals surface area contributed by atoms with E-state index >= 15 is 0 Å². The zero-order valence-corrected chi connectivity index (χ0v) is 12.6. The molecule has 1 aliphatic rings. The van der Waals surface area contributed by atoms with Crippen molar-refractivity contribution in [1.82, 2.24) is 23.6 Å². The number of fused-ring (bicyclic) bond motifs is 1. The molecule has 0 radical (unpaired) electrons. The van der Waals surface area contributed by atoms with Crippen LogP contribution in [-0.2, 0) is 16.6 Å². The van der Waals surface area contributed by atoms with E-state index in [1.54, 1.807) is 0 Å². The Bertz CT molecular complexity index is 706. The number of nitrogens with one attached hydrogen (secondary N) is 1. The van der Waals surface area contributed by atoms with Gasteiger partial charge in [-0.3, -0.25) is 4.40 Å². The van der Waals surface area contributed by atoms with Gasteiger partial charge in [-0.2, -0.15) is 12.7 Å². The van der Waals surface area contributed by atoms with E-state index in [1.807, 2.05) is 28.8 Å². The standard InChI is InChI=1S/C13H19N5O2S/c19-21(20,17-9-3-1-4-10-17)14-8-7-13-16-15-12-6-2-5-11-18(12)13/h2,5-6,11,14H,1,3-4,7-10H2. The van der Waals surface area contributed by atoms with Gasteiger partial charge in [-0.15, -0.1) is 10.2 Å². The molecule has 0 amide bonds. The van der Waals surface area contributed by atoms with Crippen molar-refractivity contribution in [3.05, 3.63) is 30.2 Å². The number of piperidine rings is 1. The Morgan fingerprint density at radius 2 is 1.95 bits per heavy atom. The van der Waals surface area contributed by atoms with E-state index in [4.69, 9.17) is 0 Å². The van der Waals surface area contributed by atoms with Gasteiger partial charge in [-0.1, -0.05) is 12.5 Å². The van der Waals surface area contributed by atoms with Crippen LogP contribution in [0.4, 0.5) is 0 Å². The molecule has 2 aromatic heterocycles. The molecule has 3 heterocycles. The van der Waals surface area contributed by atoms with E-state index in [0.29, 0.717) is 26.1 Å². The van der Waals surface area contributed by atoms with Crippen LogP contribution in [0.25, 0.3) is 5.65 Å². The Morgan fingerprint density at radius 3 is 2.76 bits per heavy atom. The van der Waals surface area contributed by atoms with Gasteiger partial charge in [0.15, 0.2) is 5.65 Å². The first-order valence-corrected chi connectivity index (χ1v) is 8.64. The summed E-state index contributed by atoms with van der Waals surface area (Å²) < 4.78 is 30.3. The second kappa shape index (κ2) is 6.08. The summed E-state index contributed by atoms with van der Waals surface area (Å²) in [6.07, 6.45) is 5.38. The molecule has 0 aliphatic carbocycles. The largest absolute Gasteiger partial charge is 0.286 e. The Morgan fingerprint density at radius 1 is 1.14 bits per heavy atom. The van der Waals surface area contributed by atoms with E-state index in [2.05, 4.69) is 14.9 Å². The number of hydrogen-bond acceptors (Lipinski definition) is 4. The van der Waals surface area contributed by atoms with Crippen molar-refractivity contribution in [2.24, 2.45) is 0 Å². The maximum atomic E-state index is 12.1. The summed E-state index contributed by atoms with van der Waals surface area (Å²) in [7, 11) is -3.36. The van der Waals surface area contributed by atoms with Gasteiger partial charge >= 0.3 is 0 Å². The van der Waals surface area contributed by atoms with Crippen LogP contribution in [0.3, 0.4) is 0 Å². The van der Waals surface area contributed by atoms with Gasteiger partial charge in [-0.25, -0.2) is 4.72 Å².